The van der Waals surface area contributed by atoms with Crippen molar-refractivity contribution in [1.29, 1.82) is 0 Å². The van der Waals surface area contributed by atoms with Crippen LogP contribution >= 0.6 is 0 Å². The first-order chi connectivity index (χ1) is 13.2. The van der Waals surface area contributed by atoms with Crippen molar-refractivity contribution in [1.82, 2.24) is 10.6 Å². The van der Waals surface area contributed by atoms with E-state index in [-0.39, 0.29) is 17.9 Å². The average molecular weight is 367 g/mol. The highest BCUT2D eigenvalue weighted by atomic mass is 16.5. The Morgan fingerprint density at radius 3 is 2.56 bits per heavy atom. The van der Waals surface area contributed by atoms with E-state index in [0.717, 1.165) is 23.4 Å². The van der Waals surface area contributed by atoms with Crippen LogP contribution in [0.1, 0.15) is 12.0 Å². The summed E-state index contributed by atoms with van der Waals surface area (Å²) in [6.07, 6.45) is 1.21. The first-order valence-electron chi connectivity index (χ1n) is 9.16. The van der Waals surface area contributed by atoms with Crippen molar-refractivity contribution in [3.8, 4) is 5.75 Å². The van der Waals surface area contributed by atoms with Gasteiger partial charge in [0.15, 0.2) is 0 Å². The maximum absolute atomic E-state index is 12.2. The summed E-state index contributed by atoms with van der Waals surface area (Å²) in [7, 11) is 1.64. The van der Waals surface area contributed by atoms with Gasteiger partial charge in [0.05, 0.1) is 7.11 Å². The van der Waals surface area contributed by atoms with Gasteiger partial charge in [-0.3, -0.25) is 4.79 Å². The second-order valence-electron chi connectivity index (χ2n) is 6.64. The van der Waals surface area contributed by atoms with Crippen molar-refractivity contribution >= 4 is 17.6 Å². The van der Waals surface area contributed by atoms with Crippen molar-refractivity contribution in [2.75, 3.05) is 31.6 Å². The summed E-state index contributed by atoms with van der Waals surface area (Å²) in [4.78, 5) is 26.0. The minimum atomic E-state index is -0.200. The Bertz CT molecular complexity index is 762. The molecule has 0 aromatic heterocycles. The average Bonchev–Trinajstić information content (AvgIpc) is 3.08. The van der Waals surface area contributed by atoms with Crippen LogP contribution in [0.5, 0.6) is 5.75 Å². The van der Waals surface area contributed by atoms with Gasteiger partial charge in [-0.15, -0.1) is 0 Å². The number of amides is 3. The fraction of sp³-hybridized carbons (Fsp3) is 0.333. The number of carbonyl (C=O) groups is 2. The van der Waals surface area contributed by atoms with Crippen LogP contribution in [0.15, 0.2) is 54.6 Å². The number of nitrogens with one attached hydrogen (secondary N) is 2. The molecule has 3 rings (SSSR count). The number of carbonyl (C=O) groups excluding carboxylic acids is 2. The number of ether oxygens (including phenoxy) is 1. The molecule has 1 fully saturated rings. The van der Waals surface area contributed by atoms with Gasteiger partial charge < -0.3 is 20.3 Å². The minimum Gasteiger partial charge on any atom is -0.497 e. The minimum absolute atomic E-state index is 0.105. The van der Waals surface area contributed by atoms with Crippen molar-refractivity contribution in [3.05, 3.63) is 60.2 Å². The third-order valence-corrected chi connectivity index (χ3v) is 4.68. The number of benzene rings is 2. The standard InChI is InChI=1S/C21H25N3O3/c1-27-19-9-7-16(8-10-19)11-12-22-21(26)23-14-17-13-20(25)24(15-17)18-5-3-2-4-6-18/h2-10,17H,11-15H2,1H3,(H2,22,23,26)/t17-/m0/s1. The molecule has 6 heteroatoms. The highest BCUT2D eigenvalue weighted by molar-refractivity contribution is 5.95. The predicted molar refractivity (Wildman–Crippen MR) is 105 cm³/mol. The van der Waals surface area contributed by atoms with Crippen LogP contribution in [-0.4, -0.2) is 38.7 Å². The van der Waals surface area contributed by atoms with Crippen molar-refractivity contribution in [2.45, 2.75) is 12.8 Å². The lowest BCUT2D eigenvalue weighted by Gasteiger charge is -2.17. The Labute approximate surface area is 159 Å². The molecule has 2 aromatic carbocycles. The number of hydrogen-bond acceptors (Lipinski definition) is 3. The Kier molecular flexibility index (Phi) is 6.30. The third-order valence-electron chi connectivity index (χ3n) is 4.68. The summed E-state index contributed by atoms with van der Waals surface area (Å²) in [5, 5.41) is 5.73. The number of hydrogen-bond donors (Lipinski definition) is 2. The van der Waals surface area contributed by atoms with E-state index >= 15 is 0 Å². The zero-order valence-corrected chi connectivity index (χ0v) is 15.5. The molecule has 1 atom stereocenters. The quantitative estimate of drug-likeness (QED) is 0.790. The van der Waals surface area contributed by atoms with Crippen molar-refractivity contribution in [3.63, 3.8) is 0 Å². The largest absolute Gasteiger partial charge is 0.497 e. The highest BCUT2D eigenvalue weighted by Crippen LogP contribution is 2.24. The Hall–Kier alpha value is -3.02. The maximum atomic E-state index is 12.2. The van der Waals surface area contributed by atoms with Gasteiger partial charge in [0.2, 0.25) is 5.91 Å². The molecule has 27 heavy (non-hydrogen) atoms. The molecule has 0 unspecified atom stereocenters. The Morgan fingerprint density at radius 2 is 1.85 bits per heavy atom. The third kappa shape index (κ3) is 5.23. The van der Waals surface area contributed by atoms with Gasteiger partial charge in [0, 0.05) is 37.7 Å². The normalized spacial score (nSPS) is 16.3. The van der Waals surface area contributed by atoms with Crippen LogP contribution in [0.25, 0.3) is 0 Å². The zero-order valence-electron chi connectivity index (χ0n) is 15.5. The van der Waals surface area contributed by atoms with Gasteiger partial charge in [0.1, 0.15) is 5.75 Å². The van der Waals surface area contributed by atoms with Gasteiger partial charge in [-0.05, 0) is 36.2 Å². The van der Waals surface area contributed by atoms with Crippen LogP contribution in [-0.2, 0) is 11.2 Å². The number of anilines is 1. The van der Waals surface area contributed by atoms with Gasteiger partial charge in [-0.2, -0.15) is 0 Å². The molecule has 2 aromatic rings. The van der Waals surface area contributed by atoms with E-state index in [4.69, 9.17) is 4.74 Å². The number of rotatable bonds is 7. The lowest BCUT2D eigenvalue weighted by Crippen LogP contribution is -2.39. The fourth-order valence-corrected chi connectivity index (χ4v) is 3.19. The van der Waals surface area contributed by atoms with Gasteiger partial charge in [-0.25, -0.2) is 4.79 Å². The maximum Gasteiger partial charge on any atom is 0.314 e. The van der Waals surface area contributed by atoms with Crippen LogP contribution in [0, 0.1) is 5.92 Å². The summed E-state index contributed by atoms with van der Waals surface area (Å²) in [5.41, 5.74) is 2.05. The second-order valence-corrected chi connectivity index (χ2v) is 6.64. The predicted octanol–water partition coefficient (Wildman–Crippen LogP) is 2.59. The lowest BCUT2D eigenvalue weighted by molar-refractivity contribution is -0.117. The van der Waals surface area contributed by atoms with Gasteiger partial charge >= 0.3 is 6.03 Å². The van der Waals surface area contributed by atoms with E-state index in [1.54, 1.807) is 12.0 Å². The molecule has 1 heterocycles. The number of nitrogens with zero attached hydrogens (tertiary/aromatic N) is 1. The second kappa shape index (κ2) is 9.07. The SMILES string of the molecule is COc1ccc(CCNC(=O)NC[C@@H]2CC(=O)N(c3ccccc3)C2)cc1. The van der Waals surface area contributed by atoms with E-state index in [1.165, 1.54) is 0 Å². The number of urea groups is 1. The van der Waals surface area contributed by atoms with Crippen LogP contribution in [0.2, 0.25) is 0 Å². The molecule has 1 aliphatic heterocycles. The monoisotopic (exact) mass is 367 g/mol. The van der Waals surface area contributed by atoms with Gasteiger partial charge in [-0.1, -0.05) is 30.3 Å². The molecule has 1 saturated heterocycles. The summed E-state index contributed by atoms with van der Waals surface area (Å²) < 4.78 is 5.13. The molecular weight excluding hydrogens is 342 g/mol. The van der Waals surface area contributed by atoms with E-state index in [1.807, 2.05) is 54.6 Å². The molecule has 6 nitrogen and oxygen atoms in total. The summed E-state index contributed by atoms with van der Waals surface area (Å²) in [6, 6.07) is 17.2. The Morgan fingerprint density at radius 1 is 1.11 bits per heavy atom. The van der Waals surface area contributed by atoms with E-state index in [0.29, 0.717) is 26.1 Å². The smallest absolute Gasteiger partial charge is 0.314 e. The van der Waals surface area contributed by atoms with E-state index in [9.17, 15) is 9.59 Å². The van der Waals surface area contributed by atoms with Crippen molar-refractivity contribution < 1.29 is 14.3 Å². The molecule has 0 spiro atoms. The van der Waals surface area contributed by atoms with Crippen molar-refractivity contribution in [2.24, 2.45) is 5.92 Å². The molecule has 0 aliphatic carbocycles. The van der Waals surface area contributed by atoms with Crippen LogP contribution < -0.4 is 20.3 Å². The molecule has 142 valence electrons. The van der Waals surface area contributed by atoms with E-state index in [2.05, 4.69) is 10.6 Å². The lowest BCUT2D eigenvalue weighted by atomic mass is 10.1. The number of methoxy groups -OCH3 is 1. The fourth-order valence-electron chi connectivity index (χ4n) is 3.19. The molecule has 0 bridgehead atoms. The summed E-state index contributed by atoms with van der Waals surface area (Å²) >= 11 is 0. The molecular formula is C21H25N3O3. The molecule has 1 aliphatic rings. The highest BCUT2D eigenvalue weighted by Gasteiger charge is 2.30. The first-order valence-corrected chi connectivity index (χ1v) is 9.16. The first kappa shape index (κ1) is 18.8. The summed E-state index contributed by atoms with van der Waals surface area (Å²) in [6.45, 7) is 1.68. The number of para-hydroxylation sites is 1. The van der Waals surface area contributed by atoms with Crippen LogP contribution in [0.4, 0.5) is 10.5 Å². The zero-order chi connectivity index (χ0) is 19.1. The summed E-state index contributed by atoms with van der Waals surface area (Å²) in [5.74, 6) is 1.05. The van der Waals surface area contributed by atoms with Gasteiger partial charge in [0.25, 0.3) is 0 Å². The van der Waals surface area contributed by atoms with E-state index < -0.39 is 0 Å². The van der Waals surface area contributed by atoms with Crippen LogP contribution in [0.3, 0.4) is 0 Å². The molecule has 0 saturated carbocycles. The Balaban J connectivity index is 1.37. The molecule has 0 radical (unpaired) electrons. The molecule has 2 N–H and O–H groups in total. The topological polar surface area (TPSA) is 70.7 Å². The molecule has 3 amide bonds.